The molecule has 0 saturated carbocycles. The molecule has 4 aromatic rings. The number of benzene rings is 4. The lowest BCUT2D eigenvalue weighted by molar-refractivity contribution is 0.240. The summed E-state index contributed by atoms with van der Waals surface area (Å²) in [4.78, 5) is 0. The van der Waals surface area contributed by atoms with Crippen molar-refractivity contribution in [1.82, 2.24) is 0 Å². The van der Waals surface area contributed by atoms with Gasteiger partial charge in [-0.15, -0.1) is 0 Å². The Morgan fingerprint density at radius 1 is 0.731 bits per heavy atom. The Kier molecular flexibility index (Phi) is 4.49. The van der Waals surface area contributed by atoms with Crippen LogP contribution in [0, 0.1) is 0 Å². The maximum atomic E-state index is 6.09. The number of hydrogen-bond donors (Lipinski definition) is 1. The van der Waals surface area contributed by atoms with Crippen LogP contribution < -0.4 is 10.1 Å². The van der Waals surface area contributed by atoms with Gasteiger partial charge in [-0.25, -0.2) is 0 Å². The van der Waals surface area contributed by atoms with Crippen LogP contribution in [0.4, 0.5) is 5.69 Å². The van der Waals surface area contributed by atoms with Crippen molar-refractivity contribution < 1.29 is 4.74 Å². The average Bonchev–Trinajstić information content (AvgIpc) is 2.66. The highest BCUT2D eigenvalue weighted by atomic mass is 16.5. The van der Waals surface area contributed by atoms with E-state index in [-0.39, 0.29) is 6.10 Å². The maximum Gasteiger partial charge on any atom is 0.125 e. The first kappa shape index (κ1) is 16.5. The van der Waals surface area contributed by atoms with Crippen LogP contribution in [0.2, 0.25) is 0 Å². The van der Waals surface area contributed by atoms with E-state index in [2.05, 4.69) is 98.0 Å². The summed E-state index contributed by atoms with van der Waals surface area (Å²) in [6, 6.07) is 27.5. The highest BCUT2D eigenvalue weighted by molar-refractivity contribution is 5.94. The summed E-state index contributed by atoms with van der Waals surface area (Å²) in [6.07, 6.45) is 0.146. The quantitative estimate of drug-likeness (QED) is 0.454. The minimum Gasteiger partial charge on any atom is -0.491 e. The summed E-state index contributed by atoms with van der Waals surface area (Å²) in [7, 11) is 0. The fourth-order valence-corrected chi connectivity index (χ4v) is 3.43. The molecule has 2 heteroatoms. The van der Waals surface area contributed by atoms with Crippen molar-refractivity contribution >= 4 is 27.2 Å². The molecule has 0 unspecified atom stereocenters. The Morgan fingerprint density at radius 2 is 1.38 bits per heavy atom. The number of ether oxygens (including phenoxy) is 1. The monoisotopic (exact) mass is 341 g/mol. The molecule has 0 aliphatic carbocycles. The van der Waals surface area contributed by atoms with Gasteiger partial charge in [0.1, 0.15) is 5.75 Å². The van der Waals surface area contributed by atoms with E-state index in [9.17, 15) is 0 Å². The average molecular weight is 341 g/mol. The minimum absolute atomic E-state index is 0.146. The molecule has 0 spiro atoms. The van der Waals surface area contributed by atoms with Gasteiger partial charge in [-0.3, -0.25) is 0 Å². The van der Waals surface area contributed by atoms with Crippen molar-refractivity contribution in [2.45, 2.75) is 26.5 Å². The minimum atomic E-state index is 0.146. The lowest BCUT2D eigenvalue weighted by atomic mass is 10.0. The van der Waals surface area contributed by atoms with Gasteiger partial charge in [-0.05, 0) is 42.1 Å². The summed E-state index contributed by atoms with van der Waals surface area (Å²) in [5.41, 5.74) is 2.34. The van der Waals surface area contributed by atoms with Crippen molar-refractivity contribution in [3.63, 3.8) is 0 Å². The highest BCUT2D eigenvalue weighted by Crippen LogP contribution is 2.31. The highest BCUT2D eigenvalue weighted by Gasteiger charge is 2.11. The summed E-state index contributed by atoms with van der Waals surface area (Å²) < 4.78 is 6.09. The Labute approximate surface area is 154 Å². The topological polar surface area (TPSA) is 21.3 Å². The van der Waals surface area contributed by atoms with Gasteiger partial charge in [-0.1, -0.05) is 66.7 Å². The summed E-state index contributed by atoms with van der Waals surface area (Å²) in [5, 5.41) is 8.58. The van der Waals surface area contributed by atoms with Crippen LogP contribution in [0.1, 0.15) is 19.4 Å². The molecule has 0 amide bonds. The molecular formula is C24H23NO. The second-order valence-electron chi connectivity index (χ2n) is 6.81. The van der Waals surface area contributed by atoms with E-state index in [0.717, 1.165) is 18.0 Å². The molecular weight excluding hydrogens is 318 g/mol. The van der Waals surface area contributed by atoms with Crippen molar-refractivity contribution in [2.24, 2.45) is 0 Å². The Hall–Kier alpha value is -3.00. The van der Waals surface area contributed by atoms with Gasteiger partial charge < -0.3 is 10.1 Å². The smallest absolute Gasteiger partial charge is 0.125 e. The molecule has 0 fully saturated rings. The number of nitrogens with one attached hydrogen (secondary N) is 1. The third-order valence-corrected chi connectivity index (χ3v) is 4.61. The van der Waals surface area contributed by atoms with Gasteiger partial charge >= 0.3 is 0 Å². The fourth-order valence-electron chi connectivity index (χ4n) is 3.43. The second kappa shape index (κ2) is 7.09. The van der Waals surface area contributed by atoms with E-state index in [1.54, 1.807) is 0 Å². The molecule has 0 radical (unpaired) electrons. The second-order valence-corrected chi connectivity index (χ2v) is 6.81. The Bertz CT molecular complexity index is 1050. The van der Waals surface area contributed by atoms with Crippen molar-refractivity contribution in [3.05, 3.63) is 84.4 Å². The molecule has 4 aromatic carbocycles. The lowest BCUT2D eigenvalue weighted by Gasteiger charge is -2.18. The third kappa shape index (κ3) is 3.23. The predicted octanol–water partition coefficient (Wildman–Crippen LogP) is 6.39. The molecule has 1 N–H and O–H groups in total. The summed E-state index contributed by atoms with van der Waals surface area (Å²) in [5.74, 6) is 0.950. The van der Waals surface area contributed by atoms with Crippen LogP contribution in [-0.2, 0) is 6.54 Å². The van der Waals surface area contributed by atoms with E-state index in [4.69, 9.17) is 4.74 Å². The molecule has 0 aromatic heterocycles. The van der Waals surface area contributed by atoms with Gasteiger partial charge in [0.2, 0.25) is 0 Å². The van der Waals surface area contributed by atoms with Gasteiger partial charge in [0.15, 0.2) is 0 Å². The van der Waals surface area contributed by atoms with Gasteiger partial charge in [0.25, 0.3) is 0 Å². The number of hydrogen-bond acceptors (Lipinski definition) is 2. The zero-order valence-electron chi connectivity index (χ0n) is 15.2. The molecule has 130 valence electrons. The van der Waals surface area contributed by atoms with E-state index in [0.29, 0.717) is 0 Å². The first-order valence-corrected chi connectivity index (χ1v) is 9.11. The normalized spacial score (nSPS) is 11.2. The SMILES string of the molecule is CC(C)Oc1ccc2ccccc2c1CNc1cccc2ccccc12. The van der Waals surface area contributed by atoms with Gasteiger partial charge in [0, 0.05) is 23.2 Å². The number of fused-ring (bicyclic) bond motifs is 2. The van der Waals surface area contributed by atoms with Crippen molar-refractivity contribution in [1.29, 1.82) is 0 Å². The first-order valence-electron chi connectivity index (χ1n) is 9.11. The van der Waals surface area contributed by atoms with E-state index >= 15 is 0 Å². The van der Waals surface area contributed by atoms with Gasteiger partial charge in [-0.2, -0.15) is 0 Å². The number of anilines is 1. The van der Waals surface area contributed by atoms with Crippen LogP contribution in [0.15, 0.2) is 78.9 Å². The molecule has 0 bridgehead atoms. The molecule has 0 aliphatic rings. The fraction of sp³-hybridized carbons (Fsp3) is 0.167. The van der Waals surface area contributed by atoms with Gasteiger partial charge in [0.05, 0.1) is 6.10 Å². The van der Waals surface area contributed by atoms with Crippen LogP contribution >= 0.6 is 0 Å². The first-order chi connectivity index (χ1) is 12.7. The number of rotatable bonds is 5. The molecule has 0 atom stereocenters. The summed E-state index contributed by atoms with van der Waals surface area (Å²) >= 11 is 0. The van der Waals surface area contributed by atoms with Crippen LogP contribution in [0.5, 0.6) is 5.75 Å². The summed E-state index contributed by atoms with van der Waals surface area (Å²) in [6.45, 7) is 4.85. The molecule has 0 saturated heterocycles. The third-order valence-electron chi connectivity index (χ3n) is 4.61. The molecule has 0 heterocycles. The zero-order chi connectivity index (χ0) is 17.9. The van der Waals surface area contributed by atoms with Crippen LogP contribution in [0.25, 0.3) is 21.5 Å². The molecule has 2 nitrogen and oxygen atoms in total. The van der Waals surface area contributed by atoms with E-state index in [1.807, 2.05) is 0 Å². The van der Waals surface area contributed by atoms with Crippen molar-refractivity contribution in [2.75, 3.05) is 5.32 Å². The predicted molar refractivity (Wildman–Crippen MR) is 111 cm³/mol. The largest absolute Gasteiger partial charge is 0.491 e. The van der Waals surface area contributed by atoms with Crippen molar-refractivity contribution in [3.8, 4) is 5.75 Å². The molecule has 4 rings (SSSR count). The Morgan fingerprint density at radius 3 is 2.15 bits per heavy atom. The van der Waals surface area contributed by atoms with E-state index < -0.39 is 0 Å². The lowest BCUT2D eigenvalue weighted by Crippen LogP contribution is -2.10. The van der Waals surface area contributed by atoms with Crippen LogP contribution in [0.3, 0.4) is 0 Å². The van der Waals surface area contributed by atoms with E-state index in [1.165, 1.54) is 27.1 Å². The van der Waals surface area contributed by atoms with Crippen LogP contribution in [-0.4, -0.2) is 6.10 Å². The zero-order valence-corrected chi connectivity index (χ0v) is 15.2. The Balaban J connectivity index is 1.73. The standard InChI is InChI=1S/C24H23NO/c1-17(2)26-24-15-14-19-9-3-5-11-20(19)22(24)16-25-23-13-7-10-18-8-4-6-12-21(18)23/h3-15,17,25H,16H2,1-2H3. The molecule has 0 aliphatic heterocycles. The maximum absolute atomic E-state index is 6.09. The molecule has 26 heavy (non-hydrogen) atoms.